The summed E-state index contributed by atoms with van der Waals surface area (Å²) in [5, 5.41) is 52.4. The van der Waals surface area contributed by atoms with Gasteiger partial charge in [0, 0.05) is 145 Å². The quantitative estimate of drug-likeness (QED) is 0.0222. The number of aromatic hydroxyl groups is 1. The van der Waals surface area contributed by atoms with Gasteiger partial charge in [-0.05, 0) is 295 Å². The van der Waals surface area contributed by atoms with Crippen LogP contribution in [0.1, 0.15) is 182 Å². The van der Waals surface area contributed by atoms with Crippen molar-refractivity contribution < 1.29 is 33.9 Å². The number of nitrogen functional groups attached to an aromatic ring is 1. The Kier molecular flexibility index (Phi) is 28.8. The minimum Gasteiger partial charge on any atom is -0.508 e. The number of H-pyrrole nitrogens is 4. The van der Waals surface area contributed by atoms with Crippen LogP contribution >= 0.6 is 0 Å². The average molecular weight is 1820 g/mol. The third-order valence-corrected chi connectivity index (χ3v) is 25.2. The highest BCUT2D eigenvalue weighted by Crippen LogP contribution is 2.34. The molecule has 5 aliphatic heterocycles. The van der Waals surface area contributed by atoms with E-state index in [1.54, 1.807) is 48.5 Å². The number of hydrogen-bond donors (Lipinski definition) is 10. The molecule has 0 radical (unpaired) electrons. The molecule has 5 aromatic carbocycles. The summed E-state index contributed by atoms with van der Waals surface area (Å²) >= 11 is 0. The molecule has 11 N–H and O–H groups in total. The summed E-state index contributed by atoms with van der Waals surface area (Å²) in [6.07, 6.45) is 37.1. The third-order valence-electron chi connectivity index (χ3n) is 25.2. The van der Waals surface area contributed by atoms with Gasteiger partial charge in [-0.3, -0.25) is 93.7 Å². The molecule has 0 aliphatic carbocycles. The normalized spacial score (nSPS) is 14.9. The van der Waals surface area contributed by atoms with Crippen LogP contribution in [0.5, 0.6) is 5.75 Å². The minimum atomic E-state index is -0.349. The monoisotopic (exact) mass is 1820 g/mol. The number of rotatable bonds is 22. The van der Waals surface area contributed by atoms with Gasteiger partial charge in [0.05, 0.1) is 57.7 Å². The summed E-state index contributed by atoms with van der Waals surface area (Å²) in [5.74, 6) is -0.960. The molecule has 5 aliphatic rings. The molecule has 16 heterocycles. The van der Waals surface area contributed by atoms with Crippen molar-refractivity contribution in [2.75, 3.05) is 92.4 Å². The van der Waals surface area contributed by atoms with Gasteiger partial charge in [-0.15, -0.1) is 0 Å². The van der Waals surface area contributed by atoms with Gasteiger partial charge in [0.25, 0.3) is 29.5 Å². The molecular formula is C104H107N25O7. The van der Waals surface area contributed by atoms with Crippen molar-refractivity contribution in [3.63, 3.8) is 0 Å². The van der Waals surface area contributed by atoms with Crippen molar-refractivity contribution in [2.24, 2.45) is 0 Å². The van der Waals surface area contributed by atoms with Gasteiger partial charge >= 0.3 is 0 Å². The maximum Gasteiger partial charge on any atom is 0.276 e. The number of phenols is 1. The largest absolute Gasteiger partial charge is 0.508 e. The molecule has 0 saturated carbocycles. The first-order chi connectivity index (χ1) is 66.5. The molecule has 32 heteroatoms. The Morgan fingerprint density at radius 3 is 0.890 bits per heavy atom. The van der Waals surface area contributed by atoms with E-state index in [-0.39, 0.29) is 41.1 Å². The molecule has 5 saturated heterocycles. The number of ketones is 1. The van der Waals surface area contributed by atoms with Gasteiger partial charge in [-0.1, -0.05) is 49.9 Å². The van der Waals surface area contributed by atoms with Crippen molar-refractivity contribution in [1.29, 1.82) is 0 Å². The van der Waals surface area contributed by atoms with Gasteiger partial charge < -0.3 is 37.0 Å². The number of likely N-dealkylation sites (tertiary alicyclic amines) is 5. The standard InChI is InChI=1S/C29H31N7O2.C26H26N6O2.C25H25N5O2.C24H25N7O/c37-28(32-23-7-9-26(31-18-23)29(38)36-12-4-5-13-36)27-24-15-21(6-8-25(24)33-34-27)22-14-20(16-30-17-22)19-35-10-2-1-3-11-35;1-17(33)23-8-6-21(15-28-23)29-26(34)25-22-12-19(5-7-24(22)30-31-25)20-11-18(13-27-14-20)16-32-9-3-2-4-10-32;31-21-7-5-20(6-8-21)27-25(32)24-22-13-18(4-9-23(22)28-29-24)19-12-17(14-26-15-19)16-30-10-2-1-3-11-30;25-22-7-5-19(14-27-22)28-24(32)23-20-11-17(4-6-21(20)29-30-23)18-10-16(12-26-13-18)15-31-8-2-1-3-9-31/h6-9,14-18H,1-5,10-13,19H2,(H,32,37)(H,33,34);5-8,11-15H,2-4,9-10,16H2,1H3,(H,29,34)(H,30,31);4-9,12-15,31H,1-3,10-11,16H2,(H,27,32)(H,28,29);4-7,10-14H,1-3,8-9,15H2,(H2,25,27)(H,28,32)(H,29,30). The van der Waals surface area contributed by atoms with E-state index >= 15 is 0 Å². The number of pyridine rings is 7. The van der Waals surface area contributed by atoms with E-state index in [1.165, 1.54) is 137 Å². The number of nitrogens with two attached hydrogens (primary N) is 1. The maximum atomic E-state index is 13.1. The molecule has 0 atom stereocenters. The fourth-order valence-electron chi connectivity index (χ4n) is 18.0. The lowest BCUT2D eigenvalue weighted by Gasteiger charge is -2.26. The number of nitrogens with zero attached hydrogens (tertiary/aromatic N) is 16. The average Bonchev–Trinajstić information content (AvgIpc) is 1.65. The Hall–Kier alpha value is -15.5. The van der Waals surface area contributed by atoms with Crippen molar-refractivity contribution in [3.8, 4) is 50.3 Å². The van der Waals surface area contributed by atoms with Crippen LogP contribution in [-0.4, -0.2) is 206 Å². The molecule has 11 aromatic heterocycles. The number of nitrogens with one attached hydrogen (secondary N) is 8. The second-order valence-electron chi connectivity index (χ2n) is 35.3. The zero-order valence-electron chi connectivity index (χ0n) is 75.8. The van der Waals surface area contributed by atoms with E-state index in [0.717, 1.165) is 193 Å². The number of aromatic amines is 4. The van der Waals surface area contributed by atoms with Crippen LogP contribution < -0.4 is 27.0 Å². The molecule has 0 unspecified atom stereocenters. The molecule has 16 aromatic rings. The van der Waals surface area contributed by atoms with E-state index < -0.39 is 0 Å². The predicted octanol–water partition coefficient (Wildman–Crippen LogP) is 17.4. The van der Waals surface area contributed by atoms with E-state index in [4.69, 9.17) is 5.73 Å². The number of phenolic OH excluding ortho intramolecular Hbond substituents is 1. The fraction of sp³-hybridized carbons (Fsp3) is 0.279. The van der Waals surface area contributed by atoms with Crippen molar-refractivity contribution in [2.45, 2.75) is 123 Å². The Labute approximate surface area is 785 Å². The van der Waals surface area contributed by atoms with E-state index in [1.807, 2.05) is 127 Å². The second kappa shape index (κ2) is 43.0. The van der Waals surface area contributed by atoms with Gasteiger partial charge in [-0.25, -0.2) is 9.97 Å². The Bertz CT molecular complexity index is 6730. The number of aromatic nitrogens is 15. The fourth-order valence-corrected chi connectivity index (χ4v) is 18.0. The molecule has 0 spiro atoms. The first kappa shape index (κ1) is 91.0. The number of Topliss-reactive ketones (excluding diaryl/α,β-unsaturated/α-hetero) is 1. The van der Waals surface area contributed by atoms with E-state index in [9.17, 15) is 33.9 Å². The summed E-state index contributed by atoms with van der Waals surface area (Å²) in [4.78, 5) is 118. The summed E-state index contributed by atoms with van der Waals surface area (Å²) in [5.41, 5.74) is 25.7. The summed E-state index contributed by atoms with van der Waals surface area (Å²) in [6, 6.07) is 48.7. The summed E-state index contributed by atoms with van der Waals surface area (Å²) in [7, 11) is 0. The highest BCUT2D eigenvalue weighted by molar-refractivity contribution is 6.15. The molecule has 0 bridgehead atoms. The third kappa shape index (κ3) is 22.9. The molecular weight excluding hydrogens is 1710 g/mol. The molecule has 5 fully saturated rings. The number of amides is 5. The van der Waals surface area contributed by atoms with Crippen molar-refractivity contribution >= 4 is 107 Å². The maximum absolute atomic E-state index is 13.1. The predicted molar refractivity (Wildman–Crippen MR) is 526 cm³/mol. The van der Waals surface area contributed by atoms with E-state index in [2.05, 4.69) is 141 Å². The topological polar surface area (TPSA) is 418 Å². The van der Waals surface area contributed by atoms with E-state index in [0.29, 0.717) is 62.7 Å². The smallest absolute Gasteiger partial charge is 0.276 e. The first-order valence-electron chi connectivity index (χ1n) is 46.6. The number of piperidine rings is 4. The molecule has 690 valence electrons. The number of carbonyl (C=O) groups excluding carboxylic acids is 6. The Morgan fingerprint density at radius 2 is 0.596 bits per heavy atom. The summed E-state index contributed by atoms with van der Waals surface area (Å²) in [6.45, 7) is 15.7. The van der Waals surface area contributed by atoms with Crippen LogP contribution in [0.2, 0.25) is 0 Å². The Balaban J connectivity index is 0.000000121. The molecule has 21 rings (SSSR count). The highest BCUT2D eigenvalue weighted by Gasteiger charge is 2.26. The zero-order valence-corrected chi connectivity index (χ0v) is 75.8. The summed E-state index contributed by atoms with van der Waals surface area (Å²) < 4.78 is 0. The van der Waals surface area contributed by atoms with Crippen LogP contribution in [0.4, 0.5) is 28.6 Å². The van der Waals surface area contributed by atoms with Gasteiger partial charge in [0.15, 0.2) is 28.6 Å². The molecule has 136 heavy (non-hydrogen) atoms. The van der Waals surface area contributed by atoms with Crippen LogP contribution in [0.3, 0.4) is 0 Å². The molecule has 32 nitrogen and oxygen atoms in total. The van der Waals surface area contributed by atoms with Gasteiger partial charge in [0.2, 0.25) is 0 Å². The lowest BCUT2D eigenvalue weighted by Crippen LogP contribution is -2.29. The number of hydrogen-bond acceptors (Lipinski definition) is 23. The first-order valence-corrected chi connectivity index (χ1v) is 46.6. The van der Waals surface area contributed by atoms with Crippen molar-refractivity contribution in [1.82, 2.24) is 100 Å². The number of anilines is 5. The number of carbonyl (C=O) groups is 6. The Morgan fingerprint density at radius 1 is 0.309 bits per heavy atom. The van der Waals surface area contributed by atoms with Crippen LogP contribution in [-0.2, 0) is 26.2 Å². The van der Waals surface area contributed by atoms with Crippen molar-refractivity contribution in [3.05, 3.63) is 282 Å². The van der Waals surface area contributed by atoms with Crippen LogP contribution in [0, 0.1) is 0 Å². The SMILES string of the molecule is CC(=O)c1ccc(NC(=O)c2n[nH]c3ccc(-c4cncc(CN5CCCCC5)c4)cc23)cn1.Nc1ccc(NC(=O)c2n[nH]c3ccc(-c4cncc(CN5CCCCC5)c4)cc23)cn1.O=C(Nc1ccc(C(=O)N2CCCC2)nc1)c1n[nH]c2ccc(-c3cncc(CN4CCCCC4)c3)cc12.O=C(Nc1ccc(O)cc1)c1n[nH]c2ccc(-c3cncc(CN4CCCCC4)c3)cc12. The van der Waals surface area contributed by atoms with Gasteiger partial charge in [-0.2, -0.15) is 20.4 Å². The highest BCUT2D eigenvalue weighted by atomic mass is 16.3. The molecule has 5 amide bonds. The van der Waals surface area contributed by atoms with Crippen LogP contribution in [0.25, 0.3) is 88.1 Å². The number of fused-ring (bicyclic) bond motifs is 4. The minimum absolute atomic E-state index is 0.0688. The lowest BCUT2D eigenvalue weighted by atomic mass is 10.0. The number of benzene rings is 5. The zero-order chi connectivity index (χ0) is 93.2. The lowest BCUT2D eigenvalue weighted by molar-refractivity contribution is 0.0786. The second-order valence-corrected chi connectivity index (χ2v) is 35.3. The van der Waals surface area contributed by atoms with Gasteiger partial charge in [0.1, 0.15) is 23.0 Å². The van der Waals surface area contributed by atoms with Crippen LogP contribution in [0.15, 0.2) is 226 Å².